The number of carbonyl (C=O) groups is 1. The van der Waals surface area contributed by atoms with Gasteiger partial charge < -0.3 is 15.3 Å². The highest BCUT2D eigenvalue weighted by Gasteiger charge is 2.41. The molecule has 6 heteroatoms. The maximum absolute atomic E-state index is 12.7. The molecular weight excluding hydrogens is 316 g/mol. The number of aromatic nitrogens is 2. The summed E-state index contributed by atoms with van der Waals surface area (Å²) in [5.41, 5.74) is 1.03. The number of amides is 1. The Kier molecular flexibility index (Phi) is 5.83. The molecule has 25 heavy (non-hydrogen) atoms. The number of hydrogen-bond donors (Lipinski definition) is 3. The van der Waals surface area contributed by atoms with E-state index in [0.717, 1.165) is 31.4 Å². The van der Waals surface area contributed by atoms with Crippen molar-refractivity contribution >= 4 is 5.91 Å². The molecule has 0 aliphatic carbocycles. The molecule has 3 rings (SSSR count). The minimum absolute atomic E-state index is 0.148. The highest BCUT2D eigenvalue weighted by Crippen LogP contribution is 2.22. The highest BCUT2D eigenvalue weighted by atomic mass is 16.3. The molecule has 1 fully saturated rings. The Hall–Kier alpha value is -2.18. The molecule has 1 aromatic carbocycles. The number of nitrogens with one attached hydrogen (secondary N) is 2. The Balaban J connectivity index is 1.47. The maximum Gasteiger partial charge on any atom is 0.255 e. The number of likely N-dealkylation sites (tertiary alicyclic amines) is 1. The molecule has 1 atom stereocenters. The van der Waals surface area contributed by atoms with Crippen molar-refractivity contribution in [2.24, 2.45) is 0 Å². The van der Waals surface area contributed by atoms with Crippen LogP contribution in [0.2, 0.25) is 0 Å². The van der Waals surface area contributed by atoms with E-state index < -0.39 is 5.60 Å². The number of rotatable bonds is 8. The number of H-pyrrole nitrogens is 1. The van der Waals surface area contributed by atoms with Gasteiger partial charge in [0.1, 0.15) is 0 Å². The third-order valence-electron chi connectivity index (χ3n) is 4.78. The minimum atomic E-state index is -1.29. The molecule has 1 saturated heterocycles. The fourth-order valence-corrected chi connectivity index (χ4v) is 3.29. The van der Waals surface area contributed by atoms with Crippen LogP contribution in [-0.2, 0) is 17.6 Å². The van der Waals surface area contributed by atoms with E-state index in [1.54, 1.807) is 11.1 Å². The van der Waals surface area contributed by atoms with Gasteiger partial charge in [0.2, 0.25) is 0 Å². The summed E-state index contributed by atoms with van der Waals surface area (Å²) in [5.74, 6) is -0.148. The minimum Gasteiger partial charge on any atom is -0.379 e. The number of aromatic amines is 1. The normalized spacial score (nSPS) is 20.8. The van der Waals surface area contributed by atoms with Crippen LogP contribution >= 0.6 is 0 Å². The van der Waals surface area contributed by atoms with E-state index in [1.165, 1.54) is 5.56 Å². The second kappa shape index (κ2) is 8.27. The molecule has 3 N–H and O–H groups in total. The number of hydrogen-bond acceptors (Lipinski definition) is 4. The highest BCUT2D eigenvalue weighted by molar-refractivity contribution is 5.86. The predicted molar refractivity (Wildman–Crippen MR) is 96.1 cm³/mol. The summed E-state index contributed by atoms with van der Waals surface area (Å²) in [5, 5.41) is 20.7. The molecule has 2 heterocycles. The van der Waals surface area contributed by atoms with E-state index in [1.807, 2.05) is 24.4 Å². The first-order chi connectivity index (χ1) is 12.2. The molecule has 0 saturated carbocycles. The topological polar surface area (TPSA) is 81.2 Å². The number of nitrogens with zero attached hydrogens (tertiary/aromatic N) is 2. The zero-order valence-corrected chi connectivity index (χ0v) is 14.4. The second-order valence-corrected chi connectivity index (χ2v) is 6.70. The zero-order valence-electron chi connectivity index (χ0n) is 14.4. The van der Waals surface area contributed by atoms with Crippen LogP contribution in [0.4, 0.5) is 0 Å². The first-order valence-electron chi connectivity index (χ1n) is 8.91. The van der Waals surface area contributed by atoms with Gasteiger partial charge in [-0.3, -0.25) is 9.89 Å². The standard InChI is InChI=1S/C19H26N4O2/c24-18-19(25,15-20-10-7-17-13-21-22-14-17)9-4-11-23(18)12-8-16-5-2-1-3-6-16/h1-3,5-6,13-14,20,25H,4,7-12,15H2,(H,21,22). The Bertz CT molecular complexity index is 659. The molecule has 1 amide bonds. The molecular formula is C19H26N4O2. The molecule has 2 aromatic rings. The van der Waals surface area contributed by atoms with Crippen LogP contribution in [-0.4, -0.2) is 57.9 Å². The summed E-state index contributed by atoms with van der Waals surface area (Å²) in [4.78, 5) is 14.5. The zero-order chi connectivity index (χ0) is 17.5. The van der Waals surface area contributed by atoms with E-state index in [0.29, 0.717) is 26.1 Å². The average molecular weight is 342 g/mol. The van der Waals surface area contributed by atoms with Gasteiger partial charge in [0.25, 0.3) is 5.91 Å². The van der Waals surface area contributed by atoms with Crippen molar-refractivity contribution < 1.29 is 9.90 Å². The van der Waals surface area contributed by atoms with Crippen LogP contribution in [0.3, 0.4) is 0 Å². The van der Waals surface area contributed by atoms with E-state index in [9.17, 15) is 9.90 Å². The fourth-order valence-electron chi connectivity index (χ4n) is 3.29. The van der Waals surface area contributed by atoms with E-state index in [-0.39, 0.29) is 5.91 Å². The maximum atomic E-state index is 12.7. The lowest BCUT2D eigenvalue weighted by Gasteiger charge is -2.38. The van der Waals surface area contributed by atoms with Gasteiger partial charge in [-0.1, -0.05) is 30.3 Å². The van der Waals surface area contributed by atoms with Crippen molar-refractivity contribution in [3.63, 3.8) is 0 Å². The van der Waals surface area contributed by atoms with Crippen molar-refractivity contribution in [3.05, 3.63) is 53.9 Å². The molecule has 6 nitrogen and oxygen atoms in total. The molecule has 0 radical (unpaired) electrons. The first kappa shape index (κ1) is 17.6. The van der Waals surface area contributed by atoms with Crippen LogP contribution in [0.1, 0.15) is 24.0 Å². The van der Waals surface area contributed by atoms with Crippen LogP contribution < -0.4 is 5.32 Å². The quantitative estimate of drug-likeness (QED) is 0.629. The largest absolute Gasteiger partial charge is 0.379 e. The van der Waals surface area contributed by atoms with E-state index in [2.05, 4.69) is 27.6 Å². The summed E-state index contributed by atoms with van der Waals surface area (Å²) in [6.07, 6.45) is 6.63. The summed E-state index contributed by atoms with van der Waals surface area (Å²) in [7, 11) is 0. The lowest BCUT2D eigenvalue weighted by atomic mass is 9.91. The van der Waals surface area contributed by atoms with Crippen molar-refractivity contribution in [3.8, 4) is 0 Å². The molecule has 1 unspecified atom stereocenters. The van der Waals surface area contributed by atoms with Crippen molar-refractivity contribution in [1.29, 1.82) is 0 Å². The second-order valence-electron chi connectivity index (χ2n) is 6.70. The van der Waals surface area contributed by atoms with Gasteiger partial charge in [-0.2, -0.15) is 5.10 Å². The summed E-state index contributed by atoms with van der Waals surface area (Å²) in [6.45, 7) is 2.38. The predicted octanol–water partition coefficient (Wildman–Crippen LogP) is 1.14. The monoisotopic (exact) mass is 342 g/mol. The molecule has 0 bridgehead atoms. The van der Waals surface area contributed by atoms with Gasteiger partial charge in [0.15, 0.2) is 5.60 Å². The average Bonchev–Trinajstić information content (AvgIpc) is 3.15. The number of piperidine rings is 1. The van der Waals surface area contributed by atoms with Crippen molar-refractivity contribution in [2.45, 2.75) is 31.3 Å². The van der Waals surface area contributed by atoms with Crippen LogP contribution in [0.25, 0.3) is 0 Å². The van der Waals surface area contributed by atoms with Crippen LogP contribution in [0.5, 0.6) is 0 Å². The molecule has 1 aromatic heterocycles. The number of benzene rings is 1. The molecule has 1 aliphatic heterocycles. The van der Waals surface area contributed by atoms with Crippen LogP contribution in [0.15, 0.2) is 42.7 Å². The van der Waals surface area contributed by atoms with Gasteiger partial charge in [-0.15, -0.1) is 0 Å². The third-order valence-corrected chi connectivity index (χ3v) is 4.78. The number of carbonyl (C=O) groups excluding carboxylic acids is 1. The van der Waals surface area contributed by atoms with Crippen molar-refractivity contribution in [2.75, 3.05) is 26.2 Å². The van der Waals surface area contributed by atoms with Crippen molar-refractivity contribution in [1.82, 2.24) is 20.4 Å². The van der Waals surface area contributed by atoms with Gasteiger partial charge in [-0.05, 0) is 43.4 Å². The van der Waals surface area contributed by atoms with Gasteiger partial charge >= 0.3 is 0 Å². The molecule has 134 valence electrons. The Labute approximate surface area is 148 Å². The lowest BCUT2D eigenvalue weighted by Crippen LogP contribution is -2.58. The summed E-state index contributed by atoms with van der Waals surface area (Å²) >= 11 is 0. The Morgan fingerprint density at radius 3 is 2.84 bits per heavy atom. The lowest BCUT2D eigenvalue weighted by molar-refractivity contribution is -0.156. The smallest absolute Gasteiger partial charge is 0.255 e. The van der Waals surface area contributed by atoms with E-state index >= 15 is 0 Å². The SMILES string of the molecule is O=C1N(CCc2ccccc2)CCCC1(O)CNCCc1cn[nH]c1. The number of aliphatic hydroxyl groups is 1. The van der Waals surface area contributed by atoms with Gasteiger partial charge in [0.05, 0.1) is 6.20 Å². The Morgan fingerprint density at radius 2 is 2.08 bits per heavy atom. The Morgan fingerprint density at radius 1 is 1.24 bits per heavy atom. The summed E-state index contributed by atoms with van der Waals surface area (Å²) in [6, 6.07) is 10.1. The summed E-state index contributed by atoms with van der Waals surface area (Å²) < 4.78 is 0. The first-order valence-corrected chi connectivity index (χ1v) is 8.91. The van der Waals surface area contributed by atoms with Crippen LogP contribution in [0, 0.1) is 0 Å². The third kappa shape index (κ3) is 4.67. The van der Waals surface area contributed by atoms with E-state index in [4.69, 9.17) is 0 Å². The molecule has 1 aliphatic rings. The van der Waals surface area contributed by atoms with Gasteiger partial charge in [0, 0.05) is 25.8 Å². The fraction of sp³-hybridized carbons (Fsp3) is 0.474. The molecule has 0 spiro atoms. The van der Waals surface area contributed by atoms with Gasteiger partial charge in [-0.25, -0.2) is 0 Å².